The Hall–Kier alpha value is -4.22. The first-order valence-electron chi connectivity index (χ1n) is 11.0. The molecule has 3 heterocycles. The number of benzene rings is 2. The Kier molecular flexibility index (Phi) is 5.71. The van der Waals surface area contributed by atoms with Crippen molar-refractivity contribution in [2.75, 3.05) is 6.61 Å². The van der Waals surface area contributed by atoms with E-state index in [1.165, 1.54) is 12.1 Å². The number of nitrogens with one attached hydrogen (secondary N) is 1. The molecule has 1 amide bonds. The van der Waals surface area contributed by atoms with Crippen molar-refractivity contribution in [2.24, 2.45) is 0 Å². The maximum absolute atomic E-state index is 13.6. The van der Waals surface area contributed by atoms with E-state index >= 15 is 0 Å². The fourth-order valence-corrected chi connectivity index (χ4v) is 4.18. The maximum Gasteiger partial charge on any atom is 0.251 e. The van der Waals surface area contributed by atoms with Gasteiger partial charge in [-0.15, -0.1) is 0 Å². The monoisotopic (exact) mass is 470 g/mol. The third-order valence-electron chi connectivity index (χ3n) is 6.08. The van der Waals surface area contributed by atoms with Gasteiger partial charge in [0.25, 0.3) is 5.91 Å². The number of carbonyl (C=O) groups excluding carboxylic acids is 1. The molecule has 4 aromatic rings. The standard InChI is InChI=1S/C27H20F2N4O2/c1-27(14-30)15-35-13-18-3-2-16(8-23(18)27)26(34)32-12-22-10-25-17(11-31-22)4-5-24(33-25)19-6-20(28)9-21(29)7-19/h2-11H,12-13,15H2,1H3,(H,32,34)/t27-/m1/s1. The molecule has 6 nitrogen and oxygen atoms in total. The van der Waals surface area contributed by atoms with Gasteiger partial charge in [-0.2, -0.15) is 5.26 Å². The van der Waals surface area contributed by atoms with E-state index in [1.54, 1.807) is 43.5 Å². The van der Waals surface area contributed by atoms with Crippen molar-refractivity contribution in [1.29, 1.82) is 5.26 Å². The lowest BCUT2D eigenvalue weighted by Crippen LogP contribution is -2.33. The van der Waals surface area contributed by atoms with Crippen molar-refractivity contribution in [3.8, 4) is 17.3 Å². The first-order chi connectivity index (χ1) is 16.8. The van der Waals surface area contributed by atoms with Crippen molar-refractivity contribution in [1.82, 2.24) is 15.3 Å². The molecule has 2 aromatic carbocycles. The predicted octanol–water partition coefficient (Wildman–Crippen LogP) is 4.82. The molecule has 2 aromatic heterocycles. The van der Waals surface area contributed by atoms with Crippen LogP contribution in [0.1, 0.15) is 34.1 Å². The molecule has 0 fully saturated rings. The zero-order valence-corrected chi connectivity index (χ0v) is 18.8. The molecule has 0 aliphatic carbocycles. The molecule has 0 spiro atoms. The molecule has 0 saturated heterocycles. The number of amides is 1. The molecule has 8 heteroatoms. The van der Waals surface area contributed by atoms with E-state index in [0.29, 0.717) is 34.6 Å². The summed E-state index contributed by atoms with van der Waals surface area (Å²) in [6.07, 6.45) is 1.64. The quantitative estimate of drug-likeness (QED) is 0.462. The molecule has 1 aliphatic rings. The number of ether oxygens (including phenoxy) is 1. The Labute approximate surface area is 200 Å². The summed E-state index contributed by atoms with van der Waals surface area (Å²) in [6.45, 7) is 2.64. The second-order valence-electron chi connectivity index (χ2n) is 8.71. The van der Waals surface area contributed by atoms with Gasteiger partial charge < -0.3 is 10.1 Å². The number of halogens is 2. The molecule has 174 valence electrons. The SMILES string of the molecule is C[C@@]1(C#N)COCc2ccc(C(=O)NCc3cc4nc(-c5cc(F)cc(F)c5)ccc4cn3)cc21. The molecular formula is C27H20F2N4O2. The number of nitrogens with zero attached hydrogens (tertiary/aromatic N) is 3. The van der Waals surface area contributed by atoms with Crippen LogP contribution in [0.25, 0.3) is 22.2 Å². The van der Waals surface area contributed by atoms with Gasteiger partial charge in [-0.1, -0.05) is 6.07 Å². The number of pyridine rings is 2. The van der Waals surface area contributed by atoms with Crippen LogP contribution in [0.15, 0.2) is 60.8 Å². The van der Waals surface area contributed by atoms with E-state index in [4.69, 9.17) is 4.74 Å². The Bertz CT molecular complexity index is 1500. The first kappa shape index (κ1) is 22.6. The smallest absolute Gasteiger partial charge is 0.251 e. The highest BCUT2D eigenvalue weighted by molar-refractivity contribution is 5.94. The summed E-state index contributed by atoms with van der Waals surface area (Å²) >= 11 is 0. The van der Waals surface area contributed by atoms with E-state index in [9.17, 15) is 18.8 Å². The van der Waals surface area contributed by atoms with Crippen LogP contribution in [0.4, 0.5) is 8.78 Å². The minimum atomic E-state index is -0.808. The summed E-state index contributed by atoms with van der Waals surface area (Å²) in [7, 11) is 0. The van der Waals surface area contributed by atoms with Gasteiger partial charge in [-0.3, -0.25) is 9.78 Å². The van der Waals surface area contributed by atoms with Crippen molar-refractivity contribution < 1.29 is 18.3 Å². The average Bonchev–Trinajstić information content (AvgIpc) is 2.86. The molecule has 0 saturated carbocycles. The predicted molar refractivity (Wildman–Crippen MR) is 125 cm³/mol. The van der Waals surface area contributed by atoms with Gasteiger partial charge >= 0.3 is 0 Å². The van der Waals surface area contributed by atoms with E-state index in [-0.39, 0.29) is 19.1 Å². The van der Waals surface area contributed by atoms with Crippen LogP contribution in [0.2, 0.25) is 0 Å². The first-order valence-corrected chi connectivity index (χ1v) is 11.0. The van der Waals surface area contributed by atoms with Gasteiger partial charge in [0.2, 0.25) is 0 Å². The molecule has 0 unspecified atom stereocenters. The van der Waals surface area contributed by atoms with Crippen LogP contribution in [0.3, 0.4) is 0 Å². The summed E-state index contributed by atoms with van der Waals surface area (Å²) in [4.78, 5) is 21.7. The Balaban J connectivity index is 1.36. The molecule has 0 bridgehead atoms. The molecule has 1 N–H and O–H groups in total. The van der Waals surface area contributed by atoms with Crippen LogP contribution >= 0.6 is 0 Å². The molecule has 0 radical (unpaired) electrons. The van der Waals surface area contributed by atoms with Crippen LogP contribution in [0, 0.1) is 23.0 Å². The molecule has 1 atom stereocenters. The van der Waals surface area contributed by atoms with Crippen molar-refractivity contribution >= 4 is 16.8 Å². The Morgan fingerprint density at radius 3 is 2.71 bits per heavy atom. The highest BCUT2D eigenvalue weighted by Crippen LogP contribution is 2.32. The molecular weight excluding hydrogens is 450 g/mol. The van der Waals surface area contributed by atoms with Crippen molar-refractivity contribution in [3.63, 3.8) is 0 Å². The van der Waals surface area contributed by atoms with Crippen molar-refractivity contribution in [3.05, 3.63) is 94.8 Å². The molecule has 35 heavy (non-hydrogen) atoms. The van der Waals surface area contributed by atoms with Crippen LogP contribution in [0.5, 0.6) is 0 Å². The van der Waals surface area contributed by atoms with E-state index in [2.05, 4.69) is 21.4 Å². The topological polar surface area (TPSA) is 87.9 Å². The number of hydrogen-bond acceptors (Lipinski definition) is 5. The van der Waals surface area contributed by atoms with E-state index in [0.717, 1.165) is 22.6 Å². The highest BCUT2D eigenvalue weighted by Gasteiger charge is 2.33. The second-order valence-corrected chi connectivity index (χ2v) is 8.71. The normalized spacial score (nSPS) is 17.0. The second kappa shape index (κ2) is 8.85. The fraction of sp³-hybridized carbons (Fsp3) is 0.185. The van der Waals surface area contributed by atoms with E-state index < -0.39 is 17.0 Å². The highest BCUT2D eigenvalue weighted by atomic mass is 19.1. The largest absolute Gasteiger partial charge is 0.375 e. The van der Waals surface area contributed by atoms with Crippen LogP contribution < -0.4 is 5.32 Å². The van der Waals surface area contributed by atoms with Gasteiger partial charge in [0, 0.05) is 28.8 Å². The Morgan fingerprint density at radius 2 is 1.94 bits per heavy atom. The van der Waals surface area contributed by atoms with Gasteiger partial charge in [-0.05, 0) is 60.5 Å². The van der Waals surface area contributed by atoms with Gasteiger partial charge in [0.1, 0.15) is 17.0 Å². The minimum absolute atomic E-state index is 0.158. The number of hydrogen-bond donors (Lipinski definition) is 1. The minimum Gasteiger partial charge on any atom is -0.375 e. The zero-order valence-electron chi connectivity index (χ0n) is 18.8. The van der Waals surface area contributed by atoms with Crippen LogP contribution in [-0.4, -0.2) is 22.5 Å². The molecule has 5 rings (SSSR count). The number of rotatable bonds is 4. The summed E-state index contributed by atoms with van der Waals surface area (Å²) in [5, 5.41) is 13.2. The average molecular weight is 470 g/mol. The summed E-state index contributed by atoms with van der Waals surface area (Å²) in [5.74, 6) is -1.65. The van der Waals surface area contributed by atoms with Gasteiger partial charge in [-0.25, -0.2) is 13.8 Å². The zero-order chi connectivity index (χ0) is 24.6. The third-order valence-corrected chi connectivity index (χ3v) is 6.08. The lowest BCUT2D eigenvalue weighted by atomic mass is 9.79. The number of nitriles is 1. The maximum atomic E-state index is 13.6. The summed E-state index contributed by atoms with van der Waals surface area (Å²) in [5.41, 5.74) is 3.26. The summed E-state index contributed by atoms with van der Waals surface area (Å²) < 4.78 is 32.8. The number of aromatic nitrogens is 2. The number of carbonyl (C=O) groups is 1. The third kappa shape index (κ3) is 4.46. The Morgan fingerprint density at radius 1 is 1.14 bits per heavy atom. The molecule has 1 aliphatic heterocycles. The fourth-order valence-electron chi connectivity index (χ4n) is 4.18. The summed E-state index contributed by atoms with van der Waals surface area (Å²) in [6, 6.07) is 16.0. The van der Waals surface area contributed by atoms with Gasteiger partial charge in [0.15, 0.2) is 0 Å². The van der Waals surface area contributed by atoms with Gasteiger partial charge in [0.05, 0.1) is 42.7 Å². The number of fused-ring (bicyclic) bond motifs is 2. The van der Waals surface area contributed by atoms with Crippen molar-refractivity contribution in [2.45, 2.75) is 25.5 Å². The van der Waals surface area contributed by atoms with Crippen LogP contribution in [-0.2, 0) is 23.3 Å². The lowest BCUT2D eigenvalue weighted by molar-refractivity contribution is 0.0757. The lowest BCUT2D eigenvalue weighted by Gasteiger charge is -2.30. The van der Waals surface area contributed by atoms with E-state index in [1.807, 2.05) is 6.07 Å².